The zero-order chi connectivity index (χ0) is 54.7. The molecule has 8 aromatic carbocycles. The highest BCUT2D eigenvalue weighted by Crippen LogP contribution is 2.32. The number of hydrogen-bond donors (Lipinski definition) is 0. The minimum Gasteiger partial charge on any atom is -0.287 e. The third-order valence-corrected chi connectivity index (χ3v) is 12.2. The molecule has 75 heavy (non-hydrogen) atoms. The quantitative estimate of drug-likeness (QED) is 0.0275. The maximum absolute atomic E-state index is 15.4. The Labute approximate surface area is 406 Å². The molecule has 9 rings (SSSR count). The summed E-state index contributed by atoms with van der Waals surface area (Å²) in [5, 5.41) is 4.95. The molecular formula is C51H21BF20N2O. The minimum absolute atomic E-state index is 0.0911. The summed E-state index contributed by atoms with van der Waals surface area (Å²) in [6.07, 6.45) is -0.892. The average Bonchev–Trinajstić information content (AvgIpc) is 3.41. The molecule has 9 aromatic rings. The molecule has 3 nitrogen and oxygen atoms in total. The molecule has 1 aromatic heterocycles. The first-order chi connectivity index (χ1) is 35.5. The minimum atomic E-state index is -7.22. The third kappa shape index (κ3) is 8.63. The summed E-state index contributed by atoms with van der Waals surface area (Å²) >= 11 is 0. The van der Waals surface area contributed by atoms with Gasteiger partial charge in [-0.1, -0.05) is 78.9 Å². The second-order valence-electron chi connectivity index (χ2n) is 16.3. The van der Waals surface area contributed by atoms with Crippen LogP contribution in [0, 0.1) is 116 Å². The summed E-state index contributed by atoms with van der Waals surface area (Å²) in [5.74, 6) is -71.3. The monoisotopic (exact) mass is 1070 g/mol. The highest BCUT2D eigenvalue weighted by Gasteiger charge is 2.52. The predicted octanol–water partition coefficient (Wildman–Crippen LogP) is 11.0. The van der Waals surface area contributed by atoms with E-state index in [4.69, 9.17) is 0 Å². The van der Waals surface area contributed by atoms with Gasteiger partial charge in [-0.3, -0.25) is 4.79 Å². The highest BCUT2D eigenvalue weighted by molar-refractivity contribution is 7.20. The van der Waals surface area contributed by atoms with Crippen LogP contribution in [0.25, 0.3) is 21.5 Å². The van der Waals surface area contributed by atoms with Crippen molar-refractivity contribution in [2.75, 3.05) is 0 Å². The van der Waals surface area contributed by atoms with Crippen LogP contribution < -0.4 is 26.4 Å². The summed E-state index contributed by atoms with van der Waals surface area (Å²) in [6.45, 7) is 0.301. The summed E-state index contributed by atoms with van der Waals surface area (Å²) < 4.78 is 296. The number of ketones is 1. The molecule has 0 saturated heterocycles. The van der Waals surface area contributed by atoms with Gasteiger partial charge in [0, 0.05) is 12.0 Å². The molecule has 0 spiro atoms. The Balaban J connectivity index is 0.000000215. The van der Waals surface area contributed by atoms with Crippen molar-refractivity contribution in [1.82, 2.24) is 4.98 Å². The van der Waals surface area contributed by atoms with Gasteiger partial charge in [0.15, 0.2) is 82.2 Å². The SMILES string of the molecule is Fc1c(F)c(F)c([B-](c2c(F)c(F)c(F)c(F)c2F)(c2c(F)c(F)c(F)c(F)c2F)c2c(F)c(F)c(F)c(F)c2F)c(F)c1F.O=C(C[n+]1ccnc(Cc2c3ccccc3cc3ccccc23)c1)c1ccccc1. The molecule has 0 unspecified atom stereocenters. The number of rotatable bonds is 9. The van der Waals surface area contributed by atoms with Gasteiger partial charge in [0.05, 0.1) is 6.20 Å². The molecule has 0 saturated carbocycles. The zero-order valence-corrected chi connectivity index (χ0v) is 36.7. The van der Waals surface area contributed by atoms with Crippen molar-refractivity contribution in [1.29, 1.82) is 0 Å². The predicted molar refractivity (Wildman–Crippen MR) is 229 cm³/mol. The molecule has 0 radical (unpaired) electrons. The van der Waals surface area contributed by atoms with Crippen molar-refractivity contribution in [2.45, 2.75) is 13.0 Å². The number of hydrogen-bond acceptors (Lipinski definition) is 2. The zero-order valence-electron chi connectivity index (χ0n) is 36.7. The smallest absolute Gasteiger partial charge is 0.227 e. The third-order valence-electron chi connectivity index (χ3n) is 12.2. The Hall–Kier alpha value is -8.31. The molecule has 1 heterocycles. The van der Waals surface area contributed by atoms with Gasteiger partial charge < -0.3 is 0 Å². The normalized spacial score (nSPS) is 11.6. The number of halogens is 20. The van der Waals surface area contributed by atoms with Gasteiger partial charge in [-0.15, -0.1) is 21.9 Å². The van der Waals surface area contributed by atoms with E-state index in [1.54, 1.807) is 6.20 Å². The fraction of sp³-hybridized carbons (Fsp3) is 0.0392. The topological polar surface area (TPSA) is 33.8 Å². The summed E-state index contributed by atoms with van der Waals surface area (Å²) in [6, 6.07) is 28.6. The summed E-state index contributed by atoms with van der Waals surface area (Å²) in [7, 11) is 0. The van der Waals surface area contributed by atoms with Crippen LogP contribution in [0.2, 0.25) is 0 Å². The molecule has 0 amide bonds. The largest absolute Gasteiger partial charge is 0.287 e. The van der Waals surface area contributed by atoms with Crippen LogP contribution in [0.3, 0.4) is 0 Å². The second kappa shape index (κ2) is 20.2. The van der Waals surface area contributed by atoms with Crippen LogP contribution in [-0.4, -0.2) is 16.9 Å². The summed E-state index contributed by atoms with van der Waals surface area (Å²) in [4.78, 5) is 17.2. The van der Waals surface area contributed by atoms with E-state index < -0.39 is 144 Å². The Morgan fingerprint density at radius 1 is 0.400 bits per heavy atom. The lowest BCUT2D eigenvalue weighted by molar-refractivity contribution is -0.684. The van der Waals surface area contributed by atoms with Gasteiger partial charge >= 0.3 is 0 Å². The number of carbonyl (C=O) groups excluding carboxylic acids is 1. The molecule has 24 heteroatoms. The van der Waals surface area contributed by atoms with Crippen LogP contribution in [0.15, 0.2) is 104 Å². The molecule has 0 fully saturated rings. The molecule has 0 bridgehead atoms. The number of aromatic nitrogens is 2. The molecule has 384 valence electrons. The number of carbonyl (C=O) groups is 1. The molecule has 0 aliphatic rings. The number of nitrogens with zero attached hydrogens (tertiary/aromatic N) is 2. The van der Waals surface area contributed by atoms with Crippen molar-refractivity contribution in [3.63, 3.8) is 0 Å². The van der Waals surface area contributed by atoms with E-state index in [2.05, 4.69) is 59.6 Å². The van der Waals surface area contributed by atoms with E-state index in [1.165, 1.54) is 27.1 Å². The van der Waals surface area contributed by atoms with Crippen LogP contribution in [-0.2, 0) is 13.0 Å². The van der Waals surface area contributed by atoms with Crippen molar-refractivity contribution >= 4 is 55.3 Å². The Morgan fingerprint density at radius 3 is 1.05 bits per heavy atom. The standard InChI is InChI=1S/C27H21N2O.C24BF20/c30-27(20-8-2-1-3-9-20)19-29-15-14-28-23(18-29)17-26-24-12-6-4-10-21(24)16-22-11-5-7-13-25(22)26;26-5-1(6(27)14(35)21(42)13(5)34)25(2-7(28)15(36)22(43)16(37)8(2)29,3-9(30)17(38)23(44)18(39)10(3)31)4-11(32)19(40)24(45)20(41)12(4)33/h1-16,18H,17,19H2;/q+1;-1. The summed E-state index contributed by atoms with van der Waals surface area (Å²) in [5.41, 5.74) is -11.4. The molecular weight excluding hydrogens is 1050 g/mol. The maximum Gasteiger partial charge on any atom is 0.227 e. The van der Waals surface area contributed by atoms with E-state index >= 15 is 35.1 Å². The first-order valence-electron chi connectivity index (χ1n) is 21.0. The Kier molecular flexibility index (Phi) is 14.3. The van der Waals surface area contributed by atoms with Gasteiger partial charge in [-0.05, 0) is 33.2 Å². The lowest BCUT2D eigenvalue weighted by atomic mass is 9.12. The van der Waals surface area contributed by atoms with Gasteiger partial charge in [0.25, 0.3) is 0 Å². The van der Waals surface area contributed by atoms with Gasteiger partial charge in [0.2, 0.25) is 12.3 Å². The van der Waals surface area contributed by atoms with Gasteiger partial charge in [0.1, 0.15) is 58.4 Å². The van der Waals surface area contributed by atoms with Crippen molar-refractivity contribution in [3.05, 3.63) is 237 Å². The molecule has 0 aliphatic carbocycles. The Morgan fingerprint density at radius 2 is 0.707 bits per heavy atom. The lowest BCUT2D eigenvalue weighted by Crippen LogP contribution is -2.81. The first-order valence-corrected chi connectivity index (χ1v) is 21.0. The lowest BCUT2D eigenvalue weighted by Gasteiger charge is -2.44. The number of fused-ring (bicyclic) bond motifs is 2. The van der Waals surface area contributed by atoms with E-state index in [9.17, 15) is 57.5 Å². The van der Waals surface area contributed by atoms with E-state index in [0.29, 0.717) is 13.0 Å². The Bertz CT molecular complexity index is 3390. The average molecular weight is 1070 g/mol. The van der Waals surface area contributed by atoms with Gasteiger partial charge in [-0.25, -0.2) is 92.8 Å². The fourth-order valence-electron chi connectivity index (χ4n) is 8.91. The second-order valence-corrected chi connectivity index (χ2v) is 16.3. The number of Topliss-reactive ketones (excluding diaryl/α,β-unsaturated/α-hetero) is 1. The van der Waals surface area contributed by atoms with E-state index in [1.807, 2.05) is 47.3 Å². The van der Waals surface area contributed by atoms with Crippen molar-refractivity contribution in [2.24, 2.45) is 0 Å². The first kappa shape index (κ1) is 53.0. The molecule has 0 atom stereocenters. The fourth-order valence-corrected chi connectivity index (χ4v) is 8.91. The van der Waals surface area contributed by atoms with Crippen molar-refractivity contribution < 1.29 is 97.2 Å². The van der Waals surface area contributed by atoms with E-state index in [0.717, 1.165) is 11.3 Å². The van der Waals surface area contributed by atoms with Crippen LogP contribution in [0.4, 0.5) is 87.8 Å². The molecule has 0 N–H and O–H groups in total. The van der Waals surface area contributed by atoms with E-state index in [-0.39, 0.29) is 5.78 Å². The van der Waals surface area contributed by atoms with Crippen LogP contribution in [0.1, 0.15) is 21.6 Å². The van der Waals surface area contributed by atoms with Crippen LogP contribution in [0.5, 0.6) is 0 Å². The molecule has 0 aliphatic heterocycles. The van der Waals surface area contributed by atoms with Crippen molar-refractivity contribution in [3.8, 4) is 0 Å². The highest BCUT2D eigenvalue weighted by atomic mass is 19.2. The maximum atomic E-state index is 15.4. The number of benzene rings is 8. The van der Waals surface area contributed by atoms with Crippen LogP contribution >= 0.6 is 0 Å². The van der Waals surface area contributed by atoms with Gasteiger partial charge in [-0.2, -0.15) is 4.57 Å².